The average Bonchev–Trinajstić information content (AvgIpc) is 2.97. The van der Waals surface area contributed by atoms with Crippen molar-refractivity contribution >= 4 is 11.6 Å². The quantitative estimate of drug-likeness (QED) is 0.615. The molecule has 1 aliphatic heterocycles. The van der Waals surface area contributed by atoms with E-state index in [0.717, 1.165) is 16.8 Å². The Morgan fingerprint density at radius 1 is 1.48 bits per heavy atom. The number of oxime groups is 1. The molecule has 1 amide bonds. The highest BCUT2D eigenvalue weighted by Crippen LogP contribution is 2.16. The molecular weight excluding hydrogens is 268 g/mol. The Hall–Kier alpha value is -2.14. The smallest absolute Gasteiger partial charge is 0.264 e. The van der Waals surface area contributed by atoms with Gasteiger partial charge in [0.2, 0.25) is 6.10 Å². The lowest BCUT2D eigenvalue weighted by Gasteiger charge is -2.09. The van der Waals surface area contributed by atoms with E-state index in [1.807, 2.05) is 37.3 Å². The van der Waals surface area contributed by atoms with Crippen molar-refractivity contribution in [2.24, 2.45) is 5.16 Å². The maximum Gasteiger partial charge on any atom is 0.264 e. The lowest BCUT2D eigenvalue weighted by atomic mass is 10.0. The van der Waals surface area contributed by atoms with E-state index in [1.165, 1.54) is 0 Å². The van der Waals surface area contributed by atoms with Crippen LogP contribution in [0.15, 0.2) is 47.6 Å². The standard InChI is InChI=1S/C16H20N2O3/c1-12(2)11-20-9-8-17-16(19)15-10-14(18-21-15)13-6-4-3-5-7-13/h3-7,15H,1,8-11H2,2H3,(H,17,19). The number of ether oxygens (including phenoxy) is 1. The summed E-state index contributed by atoms with van der Waals surface area (Å²) in [5.41, 5.74) is 2.74. The molecule has 0 aliphatic carbocycles. The first-order valence-corrected chi connectivity index (χ1v) is 6.95. The minimum absolute atomic E-state index is 0.163. The first-order chi connectivity index (χ1) is 10.2. The molecule has 1 heterocycles. The van der Waals surface area contributed by atoms with E-state index in [1.54, 1.807) is 0 Å². The van der Waals surface area contributed by atoms with Crippen LogP contribution in [0.4, 0.5) is 0 Å². The van der Waals surface area contributed by atoms with Gasteiger partial charge in [-0.3, -0.25) is 4.79 Å². The highest BCUT2D eigenvalue weighted by atomic mass is 16.6. The number of rotatable bonds is 7. The fourth-order valence-corrected chi connectivity index (χ4v) is 1.93. The molecule has 1 unspecified atom stereocenters. The molecule has 1 aromatic carbocycles. The molecule has 1 N–H and O–H groups in total. The van der Waals surface area contributed by atoms with Crippen LogP contribution in [-0.4, -0.2) is 37.5 Å². The van der Waals surface area contributed by atoms with Gasteiger partial charge >= 0.3 is 0 Å². The van der Waals surface area contributed by atoms with E-state index in [0.29, 0.717) is 26.2 Å². The zero-order valence-corrected chi connectivity index (χ0v) is 12.2. The third kappa shape index (κ3) is 4.72. The SMILES string of the molecule is C=C(C)COCCNC(=O)C1CC(c2ccccc2)=NO1. The fraction of sp³-hybridized carbons (Fsp3) is 0.375. The van der Waals surface area contributed by atoms with E-state index in [2.05, 4.69) is 17.1 Å². The molecule has 0 bridgehead atoms. The topological polar surface area (TPSA) is 59.9 Å². The van der Waals surface area contributed by atoms with Crippen LogP contribution < -0.4 is 5.32 Å². The second-order valence-corrected chi connectivity index (χ2v) is 5.00. The lowest BCUT2D eigenvalue weighted by molar-refractivity contribution is -0.131. The third-order valence-corrected chi connectivity index (χ3v) is 2.96. The zero-order chi connectivity index (χ0) is 15.1. The molecule has 0 radical (unpaired) electrons. The molecular formula is C16H20N2O3. The molecule has 1 aliphatic rings. The molecule has 0 aromatic heterocycles. The number of carbonyl (C=O) groups is 1. The van der Waals surface area contributed by atoms with Crippen molar-refractivity contribution in [2.75, 3.05) is 19.8 Å². The Labute approximate surface area is 124 Å². The zero-order valence-electron chi connectivity index (χ0n) is 12.2. The maximum absolute atomic E-state index is 11.9. The monoisotopic (exact) mass is 288 g/mol. The van der Waals surface area contributed by atoms with Crippen molar-refractivity contribution < 1.29 is 14.4 Å². The molecule has 0 fully saturated rings. The number of benzene rings is 1. The average molecular weight is 288 g/mol. The molecule has 2 rings (SSSR count). The van der Waals surface area contributed by atoms with Crippen LogP contribution in [0.2, 0.25) is 0 Å². The highest BCUT2D eigenvalue weighted by molar-refractivity contribution is 6.04. The minimum Gasteiger partial charge on any atom is -0.382 e. The van der Waals surface area contributed by atoms with E-state index >= 15 is 0 Å². The summed E-state index contributed by atoms with van der Waals surface area (Å²) in [7, 11) is 0. The summed E-state index contributed by atoms with van der Waals surface area (Å²) in [5.74, 6) is -0.163. The normalized spacial score (nSPS) is 17.0. The number of nitrogens with one attached hydrogen (secondary N) is 1. The van der Waals surface area contributed by atoms with Crippen LogP contribution in [0.3, 0.4) is 0 Å². The van der Waals surface area contributed by atoms with Gasteiger partial charge in [-0.15, -0.1) is 0 Å². The molecule has 1 atom stereocenters. The lowest BCUT2D eigenvalue weighted by Crippen LogP contribution is -2.36. The fourth-order valence-electron chi connectivity index (χ4n) is 1.93. The Morgan fingerprint density at radius 3 is 2.95 bits per heavy atom. The van der Waals surface area contributed by atoms with Gasteiger partial charge in [0.05, 0.1) is 18.9 Å². The molecule has 1 aromatic rings. The van der Waals surface area contributed by atoms with Crippen LogP contribution >= 0.6 is 0 Å². The molecule has 112 valence electrons. The van der Waals surface area contributed by atoms with Gasteiger partial charge in [0, 0.05) is 13.0 Å². The van der Waals surface area contributed by atoms with Crippen molar-refractivity contribution in [2.45, 2.75) is 19.4 Å². The van der Waals surface area contributed by atoms with E-state index < -0.39 is 6.10 Å². The molecule has 0 saturated carbocycles. The van der Waals surface area contributed by atoms with Crippen molar-refractivity contribution in [3.8, 4) is 0 Å². The summed E-state index contributed by atoms with van der Waals surface area (Å²) >= 11 is 0. The van der Waals surface area contributed by atoms with Gasteiger partial charge in [0.1, 0.15) is 0 Å². The Bertz CT molecular complexity index is 526. The van der Waals surface area contributed by atoms with Crippen LogP contribution in [0.5, 0.6) is 0 Å². The summed E-state index contributed by atoms with van der Waals surface area (Å²) in [6.45, 7) is 7.05. The molecule has 5 nitrogen and oxygen atoms in total. The van der Waals surface area contributed by atoms with Crippen LogP contribution in [0, 0.1) is 0 Å². The number of carbonyl (C=O) groups excluding carboxylic acids is 1. The molecule has 0 spiro atoms. The van der Waals surface area contributed by atoms with Gasteiger partial charge in [-0.05, 0) is 12.5 Å². The maximum atomic E-state index is 11.9. The highest BCUT2D eigenvalue weighted by Gasteiger charge is 2.28. The minimum atomic E-state index is -0.554. The second-order valence-electron chi connectivity index (χ2n) is 5.00. The van der Waals surface area contributed by atoms with E-state index in [4.69, 9.17) is 9.57 Å². The summed E-state index contributed by atoms with van der Waals surface area (Å²) in [5, 5.41) is 6.77. The first kappa shape index (κ1) is 15.3. The van der Waals surface area contributed by atoms with Gasteiger partial charge in [-0.2, -0.15) is 0 Å². The van der Waals surface area contributed by atoms with Gasteiger partial charge < -0.3 is 14.9 Å². The predicted octanol–water partition coefficient (Wildman–Crippen LogP) is 1.89. The van der Waals surface area contributed by atoms with Crippen molar-refractivity contribution in [3.05, 3.63) is 48.0 Å². The van der Waals surface area contributed by atoms with E-state index in [-0.39, 0.29) is 5.91 Å². The van der Waals surface area contributed by atoms with Gasteiger partial charge in [-0.1, -0.05) is 47.6 Å². The third-order valence-electron chi connectivity index (χ3n) is 2.96. The van der Waals surface area contributed by atoms with Crippen LogP contribution in [0.25, 0.3) is 0 Å². The van der Waals surface area contributed by atoms with Crippen LogP contribution in [0.1, 0.15) is 18.9 Å². The van der Waals surface area contributed by atoms with Crippen LogP contribution in [-0.2, 0) is 14.4 Å². The summed E-state index contributed by atoms with van der Waals surface area (Å²) < 4.78 is 5.31. The van der Waals surface area contributed by atoms with E-state index in [9.17, 15) is 4.79 Å². The summed E-state index contributed by atoms with van der Waals surface area (Å²) in [4.78, 5) is 17.1. The summed E-state index contributed by atoms with van der Waals surface area (Å²) in [6, 6.07) is 9.71. The molecule has 21 heavy (non-hydrogen) atoms. The molecule has 5 heteroatoms. The number of amides is 1. The van der Waals surface area contributed by atoms with Gasteiger partial charge in [0.15, 0.2) is 0 Å². The van der Waals surface area contributed by atoms with Gasteiger partial charge in [0.25, 0.3) is 5.91 Å². The van der Waals surface area contributed by atoms with Crippen molar-refractivity contribution in [1.82, 2.24) is 5.32 Å². The molecule has 0 saturated heterocycles. The van der Waals surface area contributed by atoms with Crippen molar-refractivity contribution in [1.29, 1.82) is 0 Å². The Morgan fingerprint density at radius 2 is 2.24 bits per heavy atom. The number of hydrogen-bond donors (Lipinski definition) is 1. The Balaban J connectivity index is 1.70. The van der Waals surface area contributed by atoms with Gasteiger partial charge in [-0.25, -0.2) is 0 Å². The van der Waals surface area contributed by atoms with Crippen molar-refractivity contribution in [3.63, 3.8) is 0 Å². The second kappa shape index (κ2) is 7.59. The number of hydrogen-bond acceptors (Lipinski definition) is 4. The number of nitrogens with zero attached hydrogens (tertiary/aromatic N) is 1. The summed E-state index contributed by atoms with van der Waals surface area (Å²) in [6.07, 6.45) is -0.0657. The Kier molecular flexibility index (Phi) is 5.51. The largest absolute Gasteiger partial charge is 0.382 e. The first-order valence-electron chi connectivity index (χ1n) is 6.95. The predicted molar refractivity (Wildman–Crippen MR) is 81.1 cm³/mol.